The first-order valence-corrected chi connectivity index (χ1v) is 12.6. The van der Waals surface area contributed by atoms with Gasteiger partial charge in [0.2, 0.25) is 11.3 Å². The van der Waals surface area contributed by atoms with Gasteiger partial charge in [-0.1, -0.05) is 32.4 Å². The molecule has 4 bridgehead atoms. The van der Waals surface area contributed by atoms with Gasteiger partial charge in [-0.2, -0.15) is 13.2 Å². The van der Waals surface area contributed by atoms with Gasteiger partial charge in [-0.25, -0.2) is 35.1 Å². The van der Waals surface area contributed by atoms with Crippen molar-refractivity contribution >= 4 is 5.97 Å². The van der Waals surface area contributed by atoms with Crippen LogP contribution in [0.25, 0.3) is 0 Å². The van der Waals surface area contributed by atoms with Gasteiger partial charge in [0, 0.05) is 6.42 Å². The third kappa shape index (κ3) is 4.06. The molecule has 220 valence electrons. The van der Waals surface area contributed by atoms with E-state index >= 15 is 26.3 Å². The summed E-state index contributed by atoms with van der Waals surface area (Å²) in [5.74, 6) is -3.04. The minimum atomic E-state index is -4.62. The van der Waals surface area contributed by atoms with Crippen LogP contribution in [-0.4, -0.2) is 59.4 Å². The first-order chi connectivity index (χ1) is 17.9. The molecular formula is C26H27F11O2. The maximum absolute atomic E-state index is 15.2. The van der Waals surface area contributed by atoms with Crippen LogP contribution in [0, 0.1) is 5.92 Å². The van der Waals surface area contributed by atoms with Gasteiger partial charge in [0.25, 0.3) is 0 Å². The third-order valence-electron chi connectivity index (χ3n) is 8.65. The molecule has 0 heterocycles. The molecular weight excluding hydrogens is 553 g/mol. The molecule has 1 aromatic rings. The second-order valence-electron chi connectivity index (χ2n) is 11.0. The lowest BCUT2D eigenvalue weighted by molar-refractivity contribution is -0.382. The van der Waals surface area contributed by atoms with Gasteiger partial charge in [-0.15, -0.1) is 0 Å². The molecule has 9 unspecified atom stereocenters. The summed E-state index contributed by atoms with van der Waals surface area (Å²) in [6, 6.07) is 4.48. The third-order valence-corrected chi connectivity index (χ3v) is 8.65. The summed E-state index contributed by atoms with van der Waals surface area (Å²) in [4.78, 5) is 12.7. The highest BCUT2D eigenvalue weighted by molar-refractivity contribution is 5.73. The fourth-order valence-electron chi connectivity index (χ4n) is 6.40. The highest BCUT2D eigenvalue weighted by Gasteiger charge is 2.94. The van der Waals surface area contributed by atoms with Crippen LogP contribution in [0.2, 0.25) is 0 Å². The normalized spacial score (nSPS) is 42.8. The summed E-state index contributed by atoms with van der Waals surface area (Å²) in [6.07, 6.45) is -24.3. The van der Waals surface area contributed by atoms with Gasteiger partial charge in [0.1, 0.15) is 0 Å². The quantitative estimate of drug-likeness (QED) is 0.235. The summed E-state index contributed by atoms with van der Waals surface area (Å²) in [7, 11) is 0. The van der Waals surface area contributed by atoms with Crippen molar-refractivity contribution < 1.29 is 57.8 Å². The Morgan fingerprint density at radius 2 is 1.41 bits per heavy atom. The number of halogens is 11. The maximum atomic E-state index is 15.2. The van der Waals surface area contributed by atoms with Crippen molar-refractivity contribution in [2.75, 3.05) is 0 Å². The lowest BCUT2D eigenvalue weighted by atomic mass is 9.46. The Labute approximate surface area is 217 Å². The minimum Gasteiger partial charge on any atom is -0.449 e. The zero-order chi connectivity index (χ0) is 29.3. The smallest absolute Gasteiger partial charge is 0.416 e. The van der Waals surface area contributed by atoms with Gasteiger partial charge in [-0.3, -0.25) is 4.79 Å². The number of carbonyl (C=O) groups excluding carboxylic acids is 1. The average molecular weight is 580 g/mol. The lowest BCUT2D eigenvalue weighted by Crippen LogP contribution is -2.93. The second kappa shape index (κ2) is 9.49. The Morgan fingerprint density at radius 1 is 0.897 bits per heavy atom. The first kappa shape index (κ1) is 29.9. The number of hydrogen-bond donors (Lipinski definition) is 0. The summed E-state index contributed by atoms with van der Waals surface area (Å²) in [5.41, 5.74) is -17.3. The topological polar surface area (TPSA) is 26.3 Å². The zero-order valence-electron chi connectivity index (χ0n) is 20.9. The standard InChI is InChI=1S/C26H27F11O2/c1-3-13(14-7-9-15(10-8-14)26(35,36)37)6-4-5-12(2)16(38)39-25-19(29)22(32)11-23(33,20(25)30)18(28)24(34,17(22)27)21(25)31/h7-10,12-13,17-21H,3-6,11H2,1-2H3. The van der Waals surface area contributed by atoms with Crippen LogP contribution < -0.4 is 0 Å². The number of alkyl halides is 11. The molecule has 9 atom stereocenters. The minimum absolute atomic E-state index is 0.0727. The molecule has 13 heteroatoms. The van der Waals surface area contributed by atoms with E-state index in [4.69, 9.17) is 0 Å². The van der Waals surface area contributed by atoms with Gasteiger partial charge >= 0.3 is 12.1 Å². The molecule has 0 aromatic heterocycles. The van der Waals surface area contributed by atoms with Crippen molar-refractivity contribution in [2.24, 2.45) is 5.92 Å². The average Bonchev–Trinajstić information content (AvgIpc) is 2.88. The van der Waals surface area contributed by atoms with E-state index in [0.29, 0.717) is 18.4 Å². The lowest BCUT2D eigenvalue weighted by Gasteiger charge is -2.67. The second-order valence-corrected chi connectivity index (χ2v) is 11.0. The SMILES string of the molecule is CCC(CCCC(C)C(=O)OC12C(F)C3(F)CC(F)(C(F)C(F)(C3F)C1F)C2F)c1ccc(C(F)(F)F)cc1. The van der Waals surface area contributed by atoms with Gasteiger partial charge < -0.3 is 4.74 Å². The Balaban J connectivity index is 1.46. The van der Waals surface area contributed by atoms with E-state index in [1.165, 1.54) is 19.1 Å². The van der Waals surface area contributed by atoms with Crippen LogP contribution in [0.5, 0.6) is 0 Å². The zero-order valence-corrected chi connectivity index (χ0v) is 20.9. The van der Waals surface area contributed by atoms with Gasteiger partial charge in [0.15, 0.2) is 42.2 Å². The molecule has 0 N–H and O–H groups in total. The molecule has 0 amide bonds. The Bertz CT molecular complexity index is 1050. The van der Waals surface area contributed by atoms with Crippen LogP contribution in [-0.2, 0) is 15.7 Å². The molecule has 39 heavy (non-hydrogen) atoms. The number of ether oxygens (including phenoxy) is 1. The van der Waals surface area contributed by atoms with Crippen LogP contribution in [0.3, 0.4) is 0 Å². The summed E-state index contributed by atoms with van der Waals surface area (Å²) < 4.78 is 163. The Hall–Kier alpha value is -2.08. The Kier molecular flexibility index (Phi) is 7.28. The van der Waals surface area contributed by atoms with Gasteiger partial charge in [-0.05, 0) is 42.9 Å². The highest BCUT2D eigenvalue weighted by Crippen LogP contribution is 2.69. The van der Waals surface area contributed by atoms with Gasteiger partial charge in [0.05, 0.1) is 11.5 Å². The van der Waals surface area contributed by atoms with Crippen LogP contribution in [0.4, 0.5) is 48.3 Å². The fourth-order valence-corrected chi connectivity index (χ4v) is 6.40. The van der Waals surface area contributed by atoms with Crippen molar-refractivity contribution in [1.29, 1.82) is 0 Å². The predicted octanol–water partition coefficient (Wildman–Crippen LogP) is 7.53. The molecule has 4 aliphatic rings. The summed E-state index contributed by atoms with van der Waals surface area (Å²) in [5, 5.41) is 0. The number of esters is 1. The molecule has 0 saturated heterocycles. The van der Waals surface area contributed by atoms with E-state index in [9.17, 15) is 26.7 Å². The monoisotopic (exact) mass is 580 g/mol. The molecule has 4 aliphatic carbocycles. The molecule has 5 rings (SSSR count). The van der Waals surface area contributed by atoms with E-state index < -0.39 is 83.5 Å². The van der Waals surface area contributed by atoms with Crippen molar-refractivity contribution in [2.45, 2.75) is 112 Å². The van der Waals surface area contributed by atoms with Crippen molar-refractivity contribution in [3.63, 3.8) is 0 Å². The number of hydrogen-bond acceptors (Lipinski definition) is 2. The predicted molar refractivity (Wildman–Crippen MR) is 117 cm³/mol. The molecule has 0 radical (unpaired) electrons. The largest absolute Gasteiger partial charge is 0.449 e. The number of carbonyl (C=O) groups is 1. The van der Waals surface area contributed by atoms with Crippen molar-refractivity contribution in [3.05, 3.63) is 35.4 Å². The van der Waals surface area contributed by atoms with Crippen LogP contribution in [0.1, 0.15) is 63.0 Å². The number of benzene rings is 1. The molecule has 0 spiro atoms. The molecule has 0 aliphatic heterocycles. The fraction of sp³-hybridized carbons (Fsp3) is 0.731. The Morgan fingerprint density at radius 3 is 1.87 bits per heavy atom. The van der Waals surface area contributed by atoms with E-state index in [2.05, 4.69) is 4.74 Å². The van der Waals surface area contributed by atoms with E-state index in [-0.39, 0.29) is 18.8 Å². The molecule has 1 aromatic carbocycles. The van der Waals surface area contributed by atoms with Crippen molar-refractivity contribution in [1.82, 2.24) is 0 Å². The molecule has 4 fully saturated rings. The van der Waals surface area contributed by atoms with Crippen LogP contribution >= 0.6 is 0 Å². The summed E-state index contributed by atoms with van der Waals surface area (Å²) >= 11 is 0. The van der Waals surface area contributed by atoms with Crippen molar-refractivity contribution in [3.8, 4) is 0 Å². The van der Waals surface area contributed by atoms with E-state index in [0.717, 1.165) is 12.1 Å². The maximum Gasteiger partial charge on any atom is 0.416 e. The first-order valence-electron chi connectivity index (χ1n) is 12.6. The highest BCUT2D eigenvalue weighted by atomic mass is 19.4. The summed E-state index contributed by atoms with van der Waals surface area (Å²) in [6.45, 7) is 2.97. The van der Waals surface area contributed by atoms with Crippen LogP contribution in [0.15, 0.2) is 24.3 Å². The number of rotatable bonds is 8. The van der Waals surface area contributed by atoms with E-state index in [1.54, 1.807) is 6.92 Å². The molecule has 4 saturated carbocycles. The van der Waals surface area contributed by atoms with E-state index in [1.807, 2.05) is 0 Å². The molecule has 2 nitrogen and oxygen atoms in total.